The van der Waals surface area contributed by atoms with Crippen molar-refractivity contribution in [2.45, 2.75) is 65.4 Å². The summed E-state index contributed by atoms with van der Waals surface area (Å²) in [5.74, 6) is 1.18. The van der Waals surface area contributed by atoms with Crippen LogP contribution in [0.15, 0.2) is 0 Å². The molecule has 4 unspecified atom stereocenters. The highest BCUT2D eigenvalue weighted by Gasteiger charge is 2.44. The van der Waals surface area contributed by atoms with Crippen LogP contribution in [0.3, 0.4) is 0 Å². The molecular formula is C14H24O2. The Labute approximate surface area is 98.7 Å². The summed E-state index contributed by atoms with van der Waals surface area (Å²) in [6.07, 6.45) is 6.98. The van der Waals surface area contributed by atoms with Crippen molar-refractivity contribution >= 4 is 5.97 Å². The van der Waals surface area contributed by atoms with Crippen molar-refractivity contribution in [1.29, 1.82) is 0 Å². The molecule has 0 bridgehead atoms. The van der Waals surface area contributed by atoms with Crippen LogP contribution in [0.4, 0.5) is 0 Å². The number of fused-ring (bicyclic) bond motifs is 1. The molecule has 2 aliphatic rings. The Bertz CT molecular complexity index is 274. The highest BCUT2D eigenvalue weighted by Crippen LogP contribution is 2.47. The van der Waals surface area contributed by atoms with Crippen LogP contribution in [0.1, 0.15) is 59.3 Å². The van der Waals surface area contributed by atoms with Crippen LogP contribution in [-0.2, 0) is 9.53 Å². The molecule has 2 rings (SSSR count). The fourth-order valence-electron chi connectivity index (χ4n) is 3.68. The van der Waals surface area contributed by atoms with E-state index in [4.69, 9.17) is 4.74 Å². The van der Waals surface area contributed by atoms with Gasteiger partial charge in [0.25, 0.3) is 0 Å². The molecule has 0 spiro atoms. The zero-order valence-electron chi connectivity index (χ0n) is 10.8. The second-order valence-corrected chi connectivity index (χ2v) is 6.18. The lowest BCUT2D eigenvalue weighted by atomic mass is 9.64. The van der Waals surface area contributed by atoms with Gasteiger partial charge in [-0.15, -0.1) is 0 Å². The van der Waals surface area contributed by atoms with Crippen LogP contribution in [0.25, 0.3) is 0 Å². The zero-order valence-corrected chi connectivity index (χ0v) is 10.8. The maximum absolute atomic E-state index is 11.5. The van der Waals surface area contributed by atoms with E-state index in [-0.39, 0.29) is 12.1 Å². The summed E-state index contributed by atoms with van der Waals surface area (Å²) in [5.41, 5.74) is 0.410. The number of ether oxygens (including phenoxy) is 1. The first-order valence-corrected chi connectivity index (χ1v) is 6.73. The number of hydrogen-bond donors (Lipinski definition) is 0. The molecule has 0 amide bonds. The highest BCUT2D eigenvalue weighted by molar-refractivity contribution is 5.70. The number of carbonyl (C=O) groups is 1. The van der Waals surface area contributed by atoms with Gasteiger partial charge >= 0.3 is 5.97 Å². The number of rotatable bonds is 2. The van der Waals surface area contributed by atoms with E-state index in [2.05, 4.69) is 20.8 Å². The Morgan fingerprint density at radius 1 is 1.50 bits per heavy atom. The Morgan fingerprint density at radius 2 is 2.25 bits per heavy atom. The first-order valence-electron chi connectivity index (χ1n) is 6.73. The molecule has 1 aliphatic heterocycles. The smallest absolute Gasteiger partial charge is 0.306 e. The van der Waals surface area contributed by atoms with Crippen LogP contribution in [-0.4, -0.2) is 12.1 Å². The van der Waals surface area contributed by atoms with E-state index < -0.39 is 0 Å². The molecular weight excluding hydrogens is 200 g/mol. The molecule has 0 N–H and O–H groups in total. The summed E-state index contributed by atoms with van der Waals surface area (Å²) in [4.78, 5) is 11.5. The highest BCUT2D eigenvalue weighted by atomic mass is 16.5. The quantitative estimate of drug-likeness (QED) is 0.671. The minimum Gasteiger partial charge on any atom is -0.462 e. The van der Waals surface area contributed by atoms with Gasteiger partial charge in [-0.25, -0.2) is 0 Å². The monoisotopic (exact) mass is 224 g/mol. The number of hydrogen-bond acceptors (Lipinski definition) is 2. The zero-order chi connectivity index (χ0) is 11.8. The van der Waals surface area contributed by atoms with E-state index in [1.165, 1.54) is 25.7 Å². The molecule has 92 valence electrons. The molecule has 2 heteroatoms. The third-order valence-corrected chi connectivity index (χ3v) is 4.61. The van der Waals surface area contributed by atoms with Crippen LogP contribution < -0.4 is 0 Å². The topological polar surface area (TPSA) is 26.3 Å². The lowest BCUT2D eigenvalue weighted by molar-refractivity contribution is -0.170. The van der Waals surface area contributed by atoms with E-state index in [1.54, 1.807) is 0 Å². The summed E-state index contributed by atoms with van der Waals surface area (Å²) in [5, 5.41) is 0. The molecule has 16 heavy (non-hydrogen) atoms. The van der Waals surface area contributed by atoms with Gasteiger partial charge in [-0.1, -0.05) is 27.2 Å². The maximum atomic E-state index is 11.5. The van der Waals surface area contributed by atoms with E-state index in [1.807, 2.05) is 0 Å². The predicted molar refractivity (Wildman–Crippen MR) is 64.0 cm³/mol. The number of carbonyl (C=O) groups excluding carboxylic acids is 1. The molecule has 0 aromatic heterocycles. The second-order valence-electron chi connectivity index (χ2n) is 6.18. The molecule has 0 aromatic rings. The summed E-state index contributed by atoms with van der Waals surface area (Å²) in [7, 11) is 0. The van der Waals surface area contributed by atoms with Crippen molar-refractivity contribution in [3.63, 3.8) is 0 Å². The fourth-order valence-corrected chi connectivity index (χ4v) is 3.68. The van der Waals surface area contributed by atoms with Crippen molar-refractivity contribution in [3.8, 4) is 0 Å². The van der Waals surface area contributed by atoms with Crippen molar-refractivity contribution in [3.05, 3.63) is 0 Å². The molecule has 1 heterocycles. The van der Waals surface area contributed by atoms with E-state index in [9.17, 15) is 4.79 Å². The predicted octanol–water partition coefficient (Wildman–Crippen LogP) is 3.54. The maximum Gasteiger partial charge on any atom is 0.306 e. The third kappa shape index (κ3) is 2.26. The Balaban J connectivity index is 2.05. The fraction of sp³-hybridized carbons (Fsp3) is 0.929. The number of esters is 1. The Morgan fingerprint density at radius 3 is 2.94 bits per heavy atom. The van der Waals surface area contributed by atoms with Gasteiger partial charge in [0.1, 0.15) is 6.10 Å². The average molecular weight is 224 g/mol. The molecule has 4 atom stereocenters. The van der Waals surface area contributed by atoms with Gasteiger partial charge in [-0.3, -0.25) is 4.79 Å². The van der Waals surface area contributed by atoms with Crippen LogP contribution >= 0.6 is 0 Å². The van der Waals surface area contributed by atoms with Crippen LogP contribution in [0.2, 0.25) is 0 Å². The minimum atomic E-state index is 0.0227. The van der Waals surface area contributed by atoms with Gasteiger partial charge < -0.3 is 4.74 Å². The van der Waals surface area contributed by atoms with E-state index in [0.717, 1.165) is 6.42 Å². The first kappa shape index (κ1) is 11.9. The van der Waals surface area contributed by atoms with E-state index in [0.29, 0.717) is 23.7 Å². The standard InChI is InChI=1S/C14H24O2/c1-4-6-14(3)7-5-11-10(2)8-13(15)16-12(11)9-14/h10-12H,4-9H2,1-3H3. The normalized spacial score (nSPS) is 43.7. The second kappa shape index (κ2) is 4.38. The minimum absolute atomic E-state index is 0.0227. The van der Waals surface area contributed by atoms with Gasteiger partial charge in [-0.05, 0) is 42.9 Å². The SMILES string of the molecule is CCCC1(C)CCC2C(C)CC(=O)OC2C1. The van der Waals surface area contributed by atoms with Gasteiger partial charge in [-0.2, -0.15) is 0 Å². The lowest BCUT2D eigenvalue weighted by Crippen LogP contribution is -2.45. The lowest BCUT2D eigenvalue weighted by Gasteiger charge is -2.46. The molecule has 2 fully saturated rings. The average Bonchev–Trinajstić information content (AvgIpc) is 2.15. The molecule has 1 saturated heterocycles. The van der Waals surface area contributed by atoms with Crippen molar-refractivity contribution in [1.82, 2.24) is 0 Å². The molecule has 1 saturated carbocycles. The van der Waals surface area contributed by atoms with Crippen LogP contribution in [0.5, 0.6) is 0 Å². The van der Waals surface area contributed by atoms with Gasteiger partial charge in [0.05, 0.1) is 0 Å². The molecule has 0 radical (unpaired) electrons. The van der Waals surface area contributed by atoms with E-state index >= 15 is 0 Å². The van der Waals surface area contributed by atoms with Crippen molar-refractivity contribution < 1.29 is 9.53 Å². The largest absolute Gasteiger partial charge is 0.462 e. The molecule has 2 nitrogen and oxygen atoms in total. The Hall–Kier alpha value is -0.530. The summed E-state index contributed by atoms with van der Waals surface area (Å²) in [6.45, 7) is 6.81. The molecule has 1 aliphatic carbocycles. The summed E-state index contributed by atoms with van der Waals surface area (Å²) >= 11 is 0. The van der Waals surface area contributed by atoms with Gasteiger partial charge in [0, 0.05) is 6.42 Å². The summed E-state index contributed by atoms with van der Waals surface area (Å²) in [6, 6.07) is 0. The van der Waals surface area contributed by atoms with Crippen molar-refractivity contribution in [2.24, 2.45) is 17.3 Å². The van der Waals surface area contributed by atoms with Crippen LogP contribution in [0, 0.1) is 17.3 Å². The third-order valence-electron chi connectivity index (χ3n) is 4.61. The summed E-state index contributed by atoms with van der Waals surface area (Å²) < 4.78 is 5.56. The Kier molecular flexibility index (Phi) is 3.27. The van der Waals surface area contributed by atoms with Gasteiger partial charge in [0.2, 0.25) is 0 Å². The first-order chi connectivity index (χ1) is 7.54. The van der Waals surface area contributed by atoms with Crippen molar-refractivity contribution in [2.75, 3.05) is 0 Å². The van der Waals surface area contributed by atoms with Gasteiger partial charge in [0.15, 0.2) is 0 Å². The molecule has 0 aromatic carbocycles.